The van der Waals surface area contributed by atoms with Gasteiger partial charge in [-0.1, -0.05) is 38.1 Å². The Balaban J connectivity index is 1.21. The second-order valence-electron chi connectivity index (χ2n) is 11.9. The third-order valence-electron chi connectivity index (χ3n) is 10.5. The van der Waals surface area contributed by atoms with E-state index in [2.05, 4.69) is 38.1 Å². The fourth-order valence-corrected chi connectivity index (χ4v) is 8.74. The molecular weight excluding hydrogens is 400 g/mol. The van der Waals surface area contributed by atoms with Crippen LogP contribution in [0.1, 0.15) is 83.3 Å². The van der Waals surface area contributed by atoms with Gasteiger partial charge in [0.1, 0.15) is 6.10 Å². The first-order valence-electron chi connectivity index (χ1n) is 12.9. The third-order valence-corrected chi connectivity index (χ3v) is 10.5. The van der Waals surface area contributed by atoms with Gasteiger partial charge in [-0.3, -0.25) is 4.79 Å². The predicted molar refractivity (Wildman–Crippen MR) is 122 cm³/mol. The van der Waals surface area contributed by atoms with E-state index >= 15 is 0 Å². The molecule has 8 atom stereocenters. The lowest BCUT2D eigenvalue weighted by atomic mass is 9.48. The molecule has 0 N–H and O–H groups in total. The summed E-state index contributed by atoms with van der Waals surface area (Å²) in [4.78, 5) is 11.7. The van der Waals surface area contributed by atoms with E-state index in [0.717, 1.165) is 31.6 Å². The molecule has 0 unspecified atom stereocenters. The zero-order valence-corrected chi connectivity index (χ0v) is 19.9. The highest BCUT2D eigenvalue weighted by Gasteiger charge is 2.63. The Morgan fingerprint density at radius 2 is 1.72 bits per heavy atom. The van der Waals surface area contributed by atoms with E-state index in [1.54, 1.807) is 6.92 Å². The van der Waals surface area contributed by atoms with Gasteiger partial charge in [-0.2, -0.15) is 0 Å². The van der Waals surface area contributed by atoms with Crippen molar-refractivity contribution in [1.29, 1.82) is 0 Å². The van der Waals surface area contributed by atoms with Crippen LogP contribution >= 0.6 is 0 Å². The first-order chi connectivity index (χ1) is 15.3. The van der Waals surface area contributed by atoms with Gasteiger partial charge in [-0.15, -0.1) is 0 Å². The molecule has 1 aromatic carbocycles. The molecular formula is C28H38O4. The van der Waals surface area contributed by atoms with Gasteiger partial charge < -0.3 is 14.2 Å². The Labute approximate surface area is 192 Å². The van der Waals surface area contributed by atoms with E-state index in [1.165, 1.54) is 43.2 Å². The molecule has 5 aliphatic rings. The smallest absolute Gasteiger partial charge is 0.302 e. The van der Waals surface area contributed by atoms with Crippen LogP contribution in [0, 0.1) is 28.6 Å². The van der Waals surface area contributed by atoms with Gasteiger partial charge in [0, 0.05) is 25.2 Å². The largest absolute Gasteiger partial charge is 0.462 e. The summed E-state index contributed by atoms with van der Waals surface area (Å²) < 4.78 is 19.2. The Bertz CT molecular complexity index is 912. The molecule has 1 saturated heterocycles. The van der Waals surface area contributed by atoms with Gasteiger partial charge in [0.15, 0.2) is 5.79 Å². The second-order valence-corrected chi connectivity index (χ2v) is 11.9. The van der Waals surface area contributed by atoms with Crippen LogP contribution in [0.3, 0.4) is 0 Å². The number of fused-ring (bicyclic) bond motifs is 6. The molecule has 4 fully saturated rings. The molecule has 1 aromatic rings. The quantitative estimate of drug-likeness (QED) is 0.519. The van der Waals surface area contributed by atoms with E-state index in [4.69, 9.17) is 14.2 Å². The van der Waals surface area contributed by atoms with E-state index in [0.29, 0.717) is 18.4 Å². The van der Waals surface area contributed by atoms with Crippen LogP contribution in [0.2, 0.25) is 0 Å². The van der Waals surface area contributed by atoms with Gasteiger partial charge in [0.05, 0.1) is 12.7 Å². The van der Waals surface area contributed by atoms with Crippen molar-refractivity contribution >= 4 is 5.97 Å². The Kier molecular flexibility index (Phi) is 4.83. The van der Waals surface area contributed by atoms with E-state index in [1.807, 2.05) is 0 Å². The maximum atomic E-state index is 11.7. The van der Waals surface area contributed by atoms with E-state index in [9.17, 15) is 4.79 Å². The van der Waals surface area contributed by atoms with Gasteiger partial charge in [-0.05, 0) is 79.2 Å². The number of esters is 1. The van der Waals surface area contributed by atoms with Crippen molar-refractivity contribution in [2.45, 2.75) is 103 Å². The van der Waals surface area contributed by atoms with Crippen molar-refractivity contribution in [3.05, 3.63) is 35.4 Å². The summed E-state index contributed by atoms with van der Waals surface area (Å²) in [5.41, 5.74) is 3.10. The summed E-state index contributed by atoms with van der Waals surface area (Å²) in [6.45, 7) is 7.15. The fraction of sp³-hybridized carbons (Fsp3) is 0.750. The minimum atomic E-state index is -0.428. The molecule has 32 heavy (non-hydrogen) atoms. The summed E-state index contributed by atoms with van der Waals surface area (Å²) in [5, 5.41) is 0. The molecule has 0 bridgehead atoms. The summed E-state index contributed by atoms with van der Waals surface area (Å²) in [6, 6.07) is 8.67. The number of hydrogen-bond acceptors (Lipinski definition) is 4. The minimum Gasteiger partial charge on any atom is -0.462 e. The van der Waals surface area contributed by atoms with Crippen LogP contribution in [-0.4, -0.2) is 24.0 Å². The van der Waals surface area contributed by atoms with Crippen LogP contribution in [-0.2, 0) is 32.0 Å². The molecule has 4 nitrogen and oxygen atoms in total. The third kappa shape index (κ3) is 3.05. The molecule has 2 aliphatic heterocycles. The topological polar surface area (TPSA) is 44.8 Å². The van der Waals surface area contributed by atoms with Crippen LogP contribution in [0.15, 0.2) is 24.3 Å². The molecule has 6 rings (SSSR count). The normalized spacial score (nSPS) is 47.2. The SMILES string of the molecule is CC(=O)O[C@H]1CC[C@H]2[C@@H]3CC[C@H]4O[C@]5(CC[C@]4(C)[C@H]3CC[C@]12C)Cc1ccccc1CO5. The Hall–Kier alpha value is -1.39. The standard InChI is InChI=1S/C28H38O4/c1-18(29)31-24-11-9-22-21-8-10-25-27(3,23(21)12-13-26(22,24)2)14-15-28(32-25)16-19-6-4-5-7-20(19)17-30-28/h4-7,21-25H,8-17H2,1-3H3/t21-,22-,23-,24-,25+,26-,27+,28+/m0/s1. The summed E-state index contributed by atoms with van der Waals surface area (Å²) >= 11 is 0. The van der Waals surface area contributed by atoms with Crippen molar-refractivity contribution in [3.63, 3.8) is 0 Å². The Morgan fingerprint density at radius 3 is 2.53 bits per heavy atom. The Morgan fingerprint density at radius 1 is 0.938 bits per heavy atom. The highest BCUT2D eigenvalue weighted by Crippen LogP contribution is 2.66. The molecule has 3 aliphatic carbocycles. The first-order valence-corrected chi connectivity index (χ1v) is 12.9. The van der Waals surface area contributed by atoms with Crippen LogP contribution in [0.25, 0.3) is 0 Å². The zero-order chi connectivity index (χ0) is 22.1. The molecule has 0 amide bonds. The maximum absolute atomic E-state index is 11.7. The summed E-state index contributed by atoms with van der Waals surface area (Å²) in [6.07, 6.45) is 10.5. The number of rotatable bonds is 1. The highest BCUT2D eigenvalue weighted by molar-refractivity contribution is 5.66. The van der Waals surface area contributed by atoms with Gasteiger partial charge in [0.25, 0.3) is 0 Å². The molecule has 0 radical (unpaired) electrons. The molecule has 4 heteroatoms. The van der Waals surface area contributed by atoms with Crippen molar-refractivity contribution in [3.8, 4) is 0 Å². The number of carbonyl (C=O) groups excluding carboxylic acids is 1. The van der Waals surface area contributed by atoms with Crippen molar-refractivity contribution < 1.29 is 19.0 Å². The molecule has 1 spiro atoms. The fourth-order valence-electron chi connectivity index (χ4n) is 8.74. The average molecular weight is 439 g/mol. The van der Waals surface area contributed by atoms with Crippen LogP contribution in [0.5, 0.6) is 0 Å². The maximum Gasteiger partial charge on any atom is 0.302 e. The van der Waals surface area contributed by atoms with Crippen molar-refractivity contribution in [2.75, 3.05) is 0 Å². The lowest BCUT2D eigenvalue weighted by Gasteiger charge is -2.62. The second kappa shape index (κ2) is 7.30. The number of benzene rings is 1. The lowest BCUT2D eigenvalue weighted by molar-refractivity contribution is -0.333. The molecule has 2 heterocycles. The van der Waals surface area contributed by atoms with Crippen molar-refractivity contribution in [2.24, 2.45) is 28.6 Å². The van der Waals surface area contributed by atoms with Gasteiger partial charge in [-0.25, -0.2) is 0 Å². The minimum absolute atomic E-state index is 0.109. The van der Waals surface area contributed by atoms with Crippen LogP contribution < -0.4 is 0 Å². The number of ether oxygens (including phenoxy) is 3. The molecule has 0 aromatic heterocycles. The zero-order valence-electron chi connectivity index (χ0n) is 19.9. The molecule has 174 valence electrons. The predicted octanol–water partition coefficient (Wildman–Crippen LogP) is 5.81. The number of carbonyl (C=O) groups is 1. The summed E-state index contributed by atoms with van der Waals surface area (Å²) in [7, 11) is 0. The average Bonchev–Trinajstić information content (AvgIpc) is 3.10. The van der Waals surface area contributed by atoms with E-state index < -0.39 is 5.79 Å². The molecule has 3 saturated carbocycles. The van der Waals surface area contributed by atoms with E-state index in [-0.39, 0.29) is 29.0 Å². The lowest BCUT2D eigenvalue weighted by Crippen LogP contribution is -2.61. The highest BCUT2D eigenvalue weighted by atomic mass is 16.7. The number of hydrogen-bond donors (Lipinski definition) is 0. The first kappa shape index (κ1) is 21.2. The van der Waals surface area contributed by atoms with Crippen molar-refractivity contribution in [1.82, 2.24) is 0 Å². The van der Waals surface area contributed by atoms with Gasteiger partial charge >= 0.3 is 5.97 Å². The van der Waals surface area contributed by atoms with Gasteiger partial charge in [0.2, 0.25) is 0 Å². The monoisotopic (exact) mass is 438 g/mol. The summed E-state index contributed by atoms with van der Waals surface area (Å²) in [5.74, 6) is 1.58. The van der Waals surface area contributed by atoms with Crippen LogP contribution in [0.4, 0.5) is 0 Å².